The van der Waals surface area contributed by atoms with Gasteiger partial charge in [-0.25, -0.2) is 0 Å². The van der Waals surface area contributed by atoms with Crippen molar-refractivity contribution >= 4 is 11.6 Å². The highest BCUT2D eigenvalue weighted by Gasteiger charge is 2.13. The molecule has 0 aliphatic heterocycles. The molecule has 0 aromatic heterocycles. The van der Waals surface area contributed by atoms with Crippen LogP contribution < -0.4 is 10.1 Å². The molecule has 5 nitrogen and oxygen atoms in total. The highest BCUT2D eigenvalue weighted by Crippen LogP contribution is 2.25. The number of amides is 1. The van der Waals surface area contributed by atoms with E-state index in [1.807, 2.05) is 37.3 Å². The number of ether oxygens (including phenoxy) is 1. The summed E-state index contributed by atoms with van der Waals surface area (Å²) in [5, 5.41) is 11.8. The number of rotatable bonds is 8. The molecule has 1 N–H and O–H groups in total. The molecular weight excluding hydrogens is 326 g/mol. The van der Waals surface area contributed by atoms with Gasteiger partial charge in [0.15, 0.2) is 0 Å². The first kappa shape index (κ1) is 19.5. The summed E-state index contributed by atoms with van der Waals surface area (Å²) < 4.78 is 5.32. The lowest BCUT2D eigenvalue weighted by molar-refractivity contribution is -0.117. The highest BCUT2D eigenvalue weighted by atomic mass is 16.5. The Hall–Kier alpha value is -2.84. The van der Waals surface area contributed by atoms with E-state index >= 15 is 0 Å². The fraction of sp³-hybridized carbons (Fsp3) is 0.333. The van der Waals surface area contributed by atoms with Crippen molar-refractivity contribution in [2.75, 3.05) is 25.5 Å². The fourth-order valence-corrected chi connectivity index (χ4v) is 2.79. The van der Waals surface area contributed by atoms with Gasteiger partial charge in [-0.3, -0.25) is 9.69 Å². The third-order valence-corrected chi connectivity index (χ3v) is 4.03. The quantitative estimate of drug-likeness (QED) is 0.787. The largest absolute Gasteiger partial charge is 0.495 e. The van der Waals surface area contributed by atoms with E-state index in [1.165, 1.54) is 0 Å². The van der Waals surface area contributed by atoms with Crippen molar-refractivity contribution < 1.29 is 9.53 Å². The summed E-state index contributed by atoms with van der Waals surface area (Å²) in [6.07, 6.45) is 0.956. The Morgan fingerprint density at radius 3 is 2.58 bits per heavy atom. The number of nitrogens with zero attached hydrogens (tertiary/aromatic N) is 2. The predicted molar refractivity (Wildman–Crippen MR) is 103 cm³/mol. The first-order valence-electron chi connectivity index (χ1n) is 8.71. The van der Waals surface area contributed by atoms with Crippen LogP contribution >= 0.6 is 0 Å². The molecule has 0 atom stereocenters. The van der Waals surface area contributed by atoms with Crippen molar-refractivity contribution in [3.63, 3.8) is 0 Å². The number of nitrogens with one attached hydrogen (secondary N) is 1. The average Bonchev–Trinajstić information content (AvgIpc) is 2.62. The Morgan fingerprint density at radius 2 is 1.96 bits per heavy atom. The first-order chi connectivity index (χ1) is 12.5. The number of methoxy groups -OCH3 is 1. The third-order valence-electron chi connectivity index (χ3n) is 4.03. The van der Waals surface area contributed by atoms with Gasteiger partial charge in [-0.1, -0.05) is 25.1 Å². The van der Waals surface area contributed by atoms with Crippen LogP contribution in [-0.4, -0.2) is 31.0 Å². The van der Waals surface area contributed by atoms with Gasteiger partial charge in [-0.05, 0) is 55.3 Å². The first-order valence-corrected chi connectivity index (χ1v) is 8.71. The van der Waals surface area contributed by atoms with Crippen LogP contribution in [0.25, 0.3) is 0 Å². The number of nitriles is 1. The Kier molecular flexibility index (Phi) is 7.19. The number of aryl methyl sites for hydroxylation is 1. The third kappa shape index (κ3) is 5.61. The molecular formula is C21H25N3O2. The van der Waals surface area contributed by atoms with E-state index in [0.717, 1.165) is 24.1 Å². The van der Waals surface area contributed by atoms with Gasteiger partial charge in [0.05, 0.1) is 31.0 Å². The summed E-state index contributed by atoms with van der Waals surface area (Å²) in [6, 6.07) is 15.3. The van der Waals surface area contributed by atoms with E-state index in [0.29, 0.717) is 30.1 Å². The molecule has 1 amide bonds. The van der Waals surface area contributed by atoms with Crippen molar-refractivity contribution in [3.05, 3.63) is 59.2 Å². The summed E-state index contributed by atoms with van der Waals surface area (Å²) >= 11 is 0. The Bertz CT molecular complexity index is 779. The van der Waals surface area contributed by atoms with Crippen LogP contribution in [0.15, 0.2) is 42.5 Å². The minimum absolute atomic E-state index is 0.0732. The van der Waals surface area contributed by atoms with Crippen molar-refractivity contribution in [3.8, 4) is 11.8 Å². The van der Waals surface area contributed by atoms with Crippen LogP contribution in [-0.2, 0) is 11.3 Å². The molecule has 0 heterocycles. The second kappa shape index (κ2) is 9.59. The lowest BCUT2D eigenvalue weighted by atomic mass is 10.1. The number of hydrogen-bond donors (Lipinski definition) is 1. The topological polar surface area (TPSA) is 65.4 Å². The lowest BCUT2D eigenvalue weighted by Gasteiger charge is -2.21. The summed E-state index contributed by atoms with van der Waals surface area (Å²) in [4.78, 5) is 14.6. The van der Waals surface area contributed by atoms with E-state index in [-0.39, 0.29) is 5.91 Å². The molecule has 0 bridgehead atoms. The zero-order chi connectivity index (χ0) is 18.9. The van der Waals surface area contributed by atoms with Gasteiger partial charge in [-0.15, -0.1) is 0 Å². The van der Waals surface area contributed by atoms with Gasteiger partial charge >= 0.3 is 0 Å². The van der Waals surface area contributed by atoms with Gasteiger partial charge < -0.3 is 10.1 Å². The lowest BCUT2D eigenvalue weighted by Crippen LogP contribution is -2.33. The maximum atomic E-state index is 12.5. The molecule has 5 heteroatoms. The summed E-state index contributed by atoms with van der Waals surface area (Å²) in [5.74, 6) is 0.578. The number of benzene rings is 2. The highest BCUT2D eigenvalue weighted by molar-refractivity contribution is 5.93. The molecule has 0 fully saturated rings. The molecule has 0 aliphatic carbocycles. The summed E-state index contributed by atoms with van der Waals surface area (Å²) in [5.41, 5.74) is 3.47. The van der Waals surface area contributed by atoms with Gasteiger partial charge in [0.1, 0.15) is 5.75 Å². The number of carbonyl (C=O) groups excluding carboxylic acids is 1. The average molecular weight is 351 g/mol. The molecule has 0 aliphatic rings. The van der Waals surface area contributed by atoms with Crippen molar-refractivity contribution in [2.45, 2.75) is 26.8 Å². The molecule has 2 aromatic rings. The monoisotopic (exact) mass is 351 g/mol. The van der Waals surface area contributed by atoms with Crippen LogP contribution in [0.4, 0.5) is 5.69 Å². The van der Waals surface area contributed by atoms with E-state index in [4.69, 9.17) is 10.00 Å². The van der Waals surface area contributed by atoms with E-state index < -0.39 is 0 Å². The smallest absolute Gasteiger partial charge is 0.238 e. The minimum atomic E-state index is -0.0732. The molecule has 0 spiro atoms. The normalized spacial score (nSPS) is 10.4. The van der Waals surface area contributed by atoms with Crippen LogP contribution in [0.3, 0.4) is 0 Å². The number of hydrogen-bond acceptors (Lipinski definition) is 4. The standard InChI is InChI=1S/C21H25N3O2/c1-4-11-24(14-18-8-6-17(13-22)7-9-18)15-21(25)23-19-12-16(2)5-10-20(19)26-3/h5-10,12H,4,11,14-15H2,1-3H3,(H,23,25). The molecule has 0 saturated heterocycles. The number of anilines is 1. The maximum Gasteiger partial charge on any atom is 0.238 e. The maximum absolute atomic E-state index is 12.5. The number of carbonyl (C=O) groups is 1. The molecule has 136 valence electrons. The second-order valence-corrected chi connectivity index (χ2v) is 6.27. The van der Waals surface area contributed by atoms with E-state index in [9.17, 15) is 4.79 Å². The summed E-state index contributed by atoms with van der Waals surface area (Å²) in [7, 11) is 1.59. The molecule has 0 unspecified atom stereocenters. The summed E-state index contributed by atoms with van der Waals surface area (Å²) in [6.45, 7) is 5.85. The van der Waals surface area contributed by atoms with Gasteiger partial charge in [0.25, 0.3) is 0 Å². The second-order valence-electron chi connectivity index (χ2n) is 6.27. The molecule has 0 radical (unpaired) electrons. The predicted octanol–water partition coefficient (Wildman–Crippen LogP) is 3.73. The van der Waals surface area contributed by atoms with Crippen molar-refractivity contribution in [1.82, 2.24) is 4.90 Å². The van der Waals surface area contributed by atoms with Crippen LogP contribution in [0.5, 0.6) is 5.75 Å². The van der Waals surface area contributed by atoms with Gasteiger partial charge in [-0.2, -0.15) is 5.26 Å². The SMILES string of the molecule is CCCN(CC(=O)Nc1cc(C)ccc1OC)Cc1ccc(C#N)cc1. The van der Waals surface area contributed by atoms with Crippen LogP contribution in [0.2, 0.25) is 0 Å². The Morgan fingerprint density at radius 1 is 1.23 bits per heavy atom. The van der Waals surface area contributed by atoms with Crippen molar-refractivity contribution in [2.24, 2.45) is 0 Å². The van der Waals surface area contributed by atoms with E-state index in [1.54, 1.807) is 19.2 Å². The zero-order valence-corrected chi connectivity index (χ0v) is 15.6. The fourth-order valence-electron chi connectivity index (χ4n) is 2.79. The van der Waals surface area contributed by atoms with Gasteiger partial charge in [0.2, 0.25) is 5.91 Å². The van der Waals surface area contributed by atoms with Crippen molar-refractivity contribution in [1.29, 1.82) is 5.26 Å². The Balaban J connectivity index is 2.03. The Labute approximate surface area is 155 Å². The van der Waals surface area contributed by atoms with E-state index in [2.05, 4.69) is 23.2 Å². The molecule has 0 saturated carbocycles. The minimum Gasteiger partial charge on any atom is -0.495 e. The zero-order valence-electron chi connectivity index (χ0n) is 15.6. The van der Waals surface area contributed by atoms with Gasteiger partial charge in [0, 0.05) is 6.54 Å². The van der Waals surface area contributed by atoms with Crippen LogP contribution in [0.1, 0.15) is 30.0 Å². The molecule has 2 rings (SSSR count). The van der Waals surface area contributed by atoms with Crippen LogP contribution in [0, 0.1) is 18.3 Å². The molecule has 2 aromatic carbocycles. The molecule has 26 heavy (non-hydrogen) atoms.